The van der Waals surface area contributed by atoms with Crippen LogP contribution in [0.4, 0.5) is 13.2 Å². The van der Waals surface area contributed by atoms with Crippen LogP contribution in [-0.4, -0.2) is 57.5 Å². The number of alkyl halides is 3. The first-order chi connectivity index (χ1) is 13.7. The Bertz CT molecular complexity index is 843. The lowest BCUT2D eigenvalue weighted by atomic mass is 9.98. The van der Waals surface area contributed by atoms with Crippen molar-refractivity contribution in [2.45, 2.75) is 30.8 Å². The minimum absolute atomic E-state index is 0. The molecule has 2 N–H and O–H groups in total. The van der Waals surface area contributed by atoms with Crippen LogP contribution in [0.15, 0.2) is 29.3 Å². The van der Waals surface area contributed by atoms with E-state index < -0.39 is 15.5 Å². The molecule has 1 aromatic rings. The summed E-state index contributed by atoms with van der Waals surface area (Å²) in [7, 11) is -3.59. The third-order valence-corrected chi connectivity index (χ3v) is 6.89. The summed E-state index contributed by atoms with van der Waals surface area (Å²) < 4.78 is 67.2. The first-order valence-electron chi connectivity index (χ1n) is 9.47. The van der Waals surface area contributed by atoms with E-state index in [1.165, 1.54) is 0 Å². The lowest BCUT2D eigenvalue weighted by Crippen LogP contribution is -2.47. The third-order valence-electron chi connectivity index (χ3n) is 5.26. The molecule has 0 spiro atoms. The Morgan fingerprint density at radius 2 is 1.90 bits per heavy atom. The van der Waals surface area contributed by atoms with Crippen molar-refractivity contribution in [2.75, 3.05) is 33.3 Å². The summed E-state index contributed by atoms with van der Waals surface area (Å²) in [6.07, 6.45) is 1.50. The summed E-state index contributed by atoms with van der Waals surface area (Å²) in [6.45, 7) is 0.837. The van der Waals surface area contributed by atoms with Crippen LogP contribution in [0.2, 0.25) is 0 Å². The van der Waals surface area contributed by atoms with E-state index in [1.807, 2.05) is 24.3 Å². The van der Waals surface area contributed by atoms with Crippen LogP contribution in [0.5, 0.6) is 5.75 Å². The zero-order valence-electron chi connectivity index (χ0n) is 16.5. The van der Waals surface area contributed by atoms with Gasteiger partial charge in [-0.2, -0.15) is 17.5 Å². The Balaban J connectivity index is 0.00000320. The molecule has 0 saturated carbocycles. The molecule has 1 aromatic carbocycles. The molecular formula is C18H26F3IN4O3S. The number of aliphatic imine (C=N–C) groups is 1. The topological polar surface area (TPSA) is 83.0 Å². The van der Waals surface area contributed by atoms with Crippen molar-refractivity contribution in [3.8, 4) is 5.75 Å². The number of ether oxygens (including phenoxy) is 1. The van der Waals surface area contributed by atoms with Gasteiger partial charge in [-0.15, -0.1) is 24.0 Å². The molecule has 2 heterocycles. The Kier molecular flexibility index (Phi) is 8.62. The number of hydrogen-bond donors (Lipinski definition) is 2. The number of sulfonamides is 1. The molecule has 3 rings (SSSR count). The third kappa shape index (κ3) is 5.69. The summed E-state index contributed by atoms with van der Waals surface area (Å²) >= 11 is 0. The molecule has 2 aliphatic rings. The number of nitrogens with one attached hydrogen (secondary N) is 2. The normalized spacial score (nSPS) is 21.2. The van der Waals surface area contributed by atoms with E-state index in [4.69, 9.17) is 4.74 Å². The summed E-state index contributed by atoms with van der Waals surface area (Å²) in [4.78, 5) is 4.22. The monoisotopic (exact) mass is 562 g/mol. The molecule has 170 valence electrons. The minimum atomic E-state index is -5.25. The predicted molar refractivity (Wildman–Crippen MR) is 118 cm³/mol. The van der Waals surface area contributed by atoms with E-state index in [-0.39, 0.29) is 49.0 Å². The van der Waals surface area contributed by atoms with Crippen LogP contribution < -0.4 is 15.4 Å². The van der Waals surface area contributed by atoms with Gasteiger partial charge < -0.3 is 15.4 Å². The van der Waals surface area contributed by atoms with E-state index in [0.717, 1.165) is 17.7 Å². The van der Waals surface area contributed by atoms with Gasteiger partial charge in [-0.25, -0.2) is 8.42 Å². The molecule has 30 heavy (non-hydrogen) atoms. The lowest BCUT2D eigenvalue weighted by Gasteiger charge is -2.32. The predicted octanol–water partition coefficient (Wildman–Crippen LogP) is 2.85. The summed E-state index contributed by atoms with van der Waals surface area (Å²) in [5, 5.41) is 6.57. The fraction of sp³-hybridized carbons (Fsp3) is 0.611. The van der Waals surface area contributed by atoms with E-state index in [2.05, 4.69) is 15.6 Å². The Hall–Kier alpha value is -1.28. The quantitative estimate of drug-likeness (QED) is 0.335. The number of guanidine groups is 1. The van der Waals surface area contributed by atoms with Crippen LogP contribution in [0.1, 0.15) is 30.9 Å². The van der Waals surface area contributed by atoms with Gasteiger partial charge in [-0.05, 0) is 24.8 Å². The van der Waals surface area contributed by atoms with Crippen LogP contribution in [0.3, 0.4) is 0 Å². The maximum atomic E-state index is 12.7. The Labute approximate surface area is 191 Å². The molecule has 12 heteroatoms. The first kappa shape index (κ1) is 25.0. The molecule has 0 aromatic heterocycles. The molecule has 0 amide bonds. The SMILES string of the molecule is CN=C(NCC1CCN(S(=O)(=O)C(F)(F)F)CC1)NC1CCOc2ccccc21.I. The van der Waals surface area contributed by atoms with Crippen molar-refractivity contribution in [1.82, 2.24) is 14.9 Å². The minimum Gasteiger partial charge on any atom is -0.493 e. The smallest absolute Gasteiger partial charge is 0.493 e. The average Bonchev–Trinajstić information content (AvgIpc) is 2.70. The zero-order chi connectivity index (χ0) is 21.1. The summed E-state index contributed by atoms with van der Waals surface area (Å²) in [6, 6.07) is 7.82. The van der Waals surface area contributed by atoms with Crippen molar-refractivity contribution in [3.63, 3.8) is 0 Å². The highest BCUT2D eigenvalue weighted by Gasteiger charge is 2.50. The fourth-order valence-electron chi connectivity index (χ4n) is 3.59. The molecule has 1 atom stereocenters. The second-order valence-electron chi connectivity index (χ2n) is 7.12. The van der Waals surface area contributed by atoms with Crippen molar-refractivity contribution in [2.24, 2.45) is 10.9 Å². The average molecular weight is 562 g/mol. The van der Waals surface area contributed by atoms with Crippen molar-refractivity contribution in [1.29, 1.82) is 0 Å². The number of halogens is 4. The highest BCUT2D eigenvalue weighted by Crippen LogP contribution is 2.32. The summed E-state index contributed by atoms with van der Waals surface area (Å²) in [5.74, 6) is 1.50. The molecule has 1 saturated heterocycles. The van der Waals surface area contributed by atoms with Crippen molar-refractivity contribution < 1.29 is 26.3 Å². The number of nitrogens with zero attached hydrogens (tertiary/aromatic N) is 2. The van der Waals surface area contributed by atoms with Gasteiger partial charge in [-0.1, -0.05) is 18.2 Å². The van der Waals surface area contributed by atoms with Crippen LogP contribution in [0, 0.1) is 5.92 Å². The van der Waals surface area contributed by atoms with Gasteiger partial charge in [0.15, 0.2) is 5.96 Å². The lowest BCUT2D eigenvalue weighted by molar-refractivity contribution is -0.0496. The van der Waals surface area contributed by atoms with Crippen LogP contribution in [0.25, 0.3) is 0 Å². The molecule has 7 nitrogen and oxygen atoms in total. The van der Waals surface area contributed by atoms with Crippen LogP contribution in [-0.2, 0) is 10.0 Å². The zero-order valence-corrected chi connectivity index (χ0v) is 19.6. The standard InChI is InChI=1S/C18H25F3N4O3S.HI/c1-22-17(24-15-8-11-28-16-5-3-2-4-14(15)16)23-12-13-6-9-25(10-7-13)29(26,27)18(19,20)21;/h2-5,13,15H,6-12H2,1H3,(H2,22,23,24);1H. The van der Waals surface area contributed by atoms with E-state index in [1.54, 1.807) is 7.05 Å². The van der Waals surface area contributed by atoms with Gasteiger partial charge in [0.05, 0.1) is 12.6 Å². The molecule has 1 fully saturated rings. The molecule has 2 aliphatic heterocycles. The van der Waals surface area contributed by atoms with Crippen molar-refractivity contribution >= 4 is 40.0 Å². The van der Waals surface area contributed by atoms with Crippen LogP contribution >= 0.6 is 24.0 Å². The number of fused-ring (bicyclic) bond motifs is 1. The Morgan fingerprint density at radius 3 is 2.53 bits per heavy atom. The molecule has 0 bridgehead atoms. The Morgan fingerprint density at radius 1 is 1.23 bits per heavy atom. The van der Waals surface area contributed by atoms with Gasteiger partial charge in [0, 0.05) is 38.7 Å². The second-order valence-corrected chi connectivity index (χ2v) is 9.05. The van der Waals surface area contributed by atoms with Gasteiger partial charge in [0.1, 0.15) is 5.75 Å². The number of para-hydroxylation sites is 1. The van der Waals surface area contributed by atoms with Gasteiger partial charge >= 0.3 is 15.5 Å². The van der Waals surface area contributed by atoms with Gasteiger partial charge in [0.25, 0.3) is 0 Å². The number of rotatable bonds is 4. The van der Waals surface area contributed by atoms with E-state index in [9.17, 15) is 21.6 Å². The highest BCUT2D eigenvalue weighted by atomic mass is 127. The fourth-order valence-corrected chi connectivity index (χ4v) is 4.58. The van der Waals surface area contributed by atoms with Gasteiger partial charge in [-0.3, -0.25) is 4.99 Å². The molecule has 0 aliphatic carbocycles. The largest absolute Gasteiger partial charge is 0.511 e. The molecular weight excluding hydrogens is 536 g/mol. The molecule has 1 unspecified atom stereocenters. The van der Waals surface area contributed by atoms with E-state index in [0.29, 0.717) is 36.3 Å². The first-order valence-corrected chi connectivity index (χ1v) is 10.9. The molecule has 0 radical (unpaired) electrons. The summed E-state index contributed by atoms with van der Waals surface area (Å²) in [5.41, 5.74) is -4.20. The highest BCUT2D eigenvalue weighted by molar-refractivity contribution is 14.0. The van der Waals surface area contributed by atoms with E-state index >= 15 is 0 Å². The number of hydrogen-bond acceptors (Lipinski definition) is 4. The van der Waals surface area contributed by atoms with Crippen molar-refractivity contribution in [3.05, 3.63) is 29.8 Å². The second kappa shape index (κ2) is 10.4. The maximum Gasteiger partial charge on any atom is 0.511 e. The van der Waals surface area contributed by atoms with Gasteiger partial charge in [0.2, 0.25) is 0 Å². The maximum absolute atomic E-state index is 12.7. The number of piperidine rings is 1. The number of benzene rings is 1.